The summed E-state index contributed by atoms with van der Waals surface area (Å²) in [6.07, 6.45) is 9.37. The largest absolute Gasteiger partial charge is 0.451 e. The Kier molecular flexibility index (Phi) is 4.16. The normalized spacial score (nSPS) is 44.4. The number of carbonyl (C=O) groups excluding carboxylic acids is 3. The predicted octanol–water partition coefficient (Wildman–Crippen LogP) is 4.02. The number of hydrogen-bond acceptors (Lipinski definition) is 4. The van der Waals surface area contributed by atoms with Crippen LogP contribution in [0.25, 0.3) is 0 Å². The van der Waals surface area contributed by atoms with Crippen LogP contribution in [0.15, 0.2) is 11.6 Å². The monoisotopic (exact) mass is 358 g/mol. The average Bonchev–Trinajstić information content (AvgIpc) is 2.87. The summed E-state index contributed by atoms with van der Waals surface area (Å²) >= 11 is 0. The minimum Gasteiger partial charge on any atom is -0.451 e. The molecule has 0 heterocycles. The van der Waals surface area contributed by atoms with Gasteiger partial charge >= 0.3 is 5.97 Å². The van der Waals surface area contributed by atoms with Crippen LogP contribution >= 0.6 is 0 Å². The van der Waals surface area contributed by atoms with Crippen LogP contribution in [0.2, 0.25) is 0 Å². The van der Waals surface area contributed by atoms with Gasteiger partial charge in [-0.2, -0.15) is 0 Å². The van der Waals surface area contributed by atoms with E-state index in [-0.39, 0.29) is 17.2 Å². The lowest BCUT2D eigenvalue weighted by Gasteiger charge is -2.55. The third-order valence-corrected chi connectivity index (χ3v) is 8.31. The van der Waals surface area contributed by atoms with Crippen LogP contribution < -0.4 is 0 Å². The number of rotatable bonds is 2. The molecule has 26 heavy (non-hydrogen) atoms. The lowest BCUT2D eigenvalue weighted by molar-refractivity contribution is -0.185. The van der Waals surface area contributed by atoms with Crippen molar-refractivity contribution in [2.45, 2.75) is 77.7 Å². The Balaban J connectivity index is 1.66. The number of ether oxygens (including phenoxy) is 1. The molecular weight excluding hydrogens is 328 g/mol. The molecular formula is C22H30O4. The minimum atomic E-state index is -0.937. The summed E-state index contributed by atoms with van der Waals surface area (Å²) in [5, 5.41) is 0. The first-order chi connectivity index (χ1) is 12.3. The second-order valence-electron chi connectivity index (χ2n) is 9.28. The molecule has 4 heteroatoms. The summed E-state index contributed by atoms with van der Waals surface area (Å²) in [5.74, 6) is 2.16. The molecule has 0 spiro atoms. The number of esters is 1. The quantitative estimate of drug-likeness (QED) is 0.700. The smallest absolute Gasteiger partial charge is 0.303 e. The second kappa shape index (κ2) is 6.03. The van der Waals surface area contributed by atoms with Gasteiger partial charge in [0.1, 0.15) is 0 Å². The van der Waals surface area contributed by atoms with E-state index in [9.17, 15) is 14.4 Å². The van der Waals surface area contributed by atoms with E-state index in [1.165, 1.54) is 12.5 Å². The molecule has 142 valence electrons. The molecule has 3 fully saturated rings. The fourth-order valence-corrected chi connectivity index (χ4v) is 7.24. The van der Waals surface area contributed by atoms with Gasteiger partial charge in [-0.25, -0.2) is 0 Å². The molecule has 0 amide bonds. The highest BCUT2D eigenvalue weighted by atomic mass is 16.6. The van der Waals surface area contributed by atoms with Crippen molar-refractivity contribution in [3.8, 4) is 0 Å². The molecule has 4 aliphatic carbocycles. The van der Waals surface area contributed by atoms with Crippen LogP contribution in [-0.2, 0) is 19.1 Å². The number of Topliss-reactive ketones (excluding diaryl/α,β-unsaturated/α-hetero) is 1. The summed E-state index contributed by atoms with van der Waals surface area (Å²) in [6, 6.07) is 0. The van der Waals surface area contributed by atoms with Crippen molar-refractivity contribution in [1.29, 1.82) is 0 Å². The Morgan fingerprint density at radius 2 is 1.81 bits per heavy atom. The SMILES string of the molecule is CC(=O)O[C@@]1(C(C)=O)CC[C@H]2[C@@H]3CCC4=CC(=O)CC[C@@H]4[C@H]3CC[C@@]21C. The molecule has 0 N–H and O–H groups in total. The molecule has 0 aromatic heterocycles. The summed E-state index contributed by atoms with van der Waals surface area (Å²) in [4.78, 5) is 36.3. The van der Waals surface area contributed by atoms with Gasteiger partial charge in [0.25, 0.3) is 0 Å². The zero-order valence-corrected chi connectivity index (χ0v) is 16.2. The molecule has 4 aliphatic rings. The Morgan fingerprint density at radius 1 is 1.04 bits per heavy atom. The molecule has 0 bridgehead atoms. The van der Waals surface area contributed by atoms with Gasteiger partial charge in [-0.3, -0.25) is 14.4 Å². The van der Waals surface area contributed by atoms with E-state index in [4.69, 9.17) is 4.74 Å². The Labute approximate surface area is 155 Å². The Hall–Kier alpha value is -1.45. The molecule has 0 unspecified atom stereocenters. The van der Waals surface area contributed by atoms with E-state index in [1.807, 2.05) is 6.08 Å². The first-order valence-corrected chi connectivity index (χ1v) is 10.2. The topological polar surface area (TPSA) is 60.4 Å². The molecule has 0 aromatic rings. The van der Waals surface area contributed by atoms with E-state index in [1.54, 1.807) is 6.92 Å². The maximum absolute atomic E-state index is 12.7. The lowest BCUT2D eigenvalue weighted by atomic mass is 9.50. The average molecular weight is 358 g/mol. The molecule has 0 aromatic carbocycles. The van der Waals surface area contributed by atoms with Crippen LogP contribution in [0.4, 0.5) is 0 Å². The van der Waals surface area contributed by atoms with Crippen molar-refractivity contribution >= 4 is 17.5 Å². The predicted molar refractivity (Wildman–Crippen MR) is 97.3 cm³/mol. The summed E-state index contributed by atoms with van der Waals surface area (Å²) in [6.45, 7) is 5.21. The third kappa shape index (κ3) is 2.36. The van der Waals surface area contributed by atoms with Crippen LogP contribution in [0.1, 0.15) is 72.1 Å². The summed E-state index contributed by atoms with van der Waals surface area (Å²) in [5.41, 5.74) is 0.187. The molecule has 6 atom stereocenters. The third-order valence-electron chi connectivity index (χ3n) is 8.31. The summed E-state index contributed by atoms with van der Waals surface area (Å²) < 4.78 is 5.79. The molecule has 0 radical (unpaired) electrons. The zero-order chi connectivity index (χ0) is 18.7. The Morgan fingerprint density at radius 3 is 2.50 bits per heavy atom. The maximum Gasteiger partial charge on any atom is 0.303 e. The molecule has 4 rings (SSSR count). The van der Waals surface area contributed by atoms with Crippen molar-refractivity contribution in [2.75, 3.05) is 0 Å². The number of fused-ring (bicyclic) bond motifs is 5. The standard InChI is InChI=1S/C22H30O4/c1-13(23)22(26-14(2)24)11-9-20-19-6-4-15-12-16(25)5-7-17(15)18(19)8-10-21(20,22)3/h12,17-20H,4-11H2,1-3H3/t17-,18+,19+,20-,21-,22+/m0/s1. The first kappa shape index (κ1) is 17.9. The molecule has 4 nitrogen and oxygen atoms in total. The first-order valence-electron chi connectivity index (χ1n) is 10.2. The van der Waals surface area contributed by atoms with Gasteiger partial charge in [-0.1, -0.05) is 12.5 Å². The van der Waals surface area contributed by atoms with Gasteiger partial charge in [0.05, 0.1) is 0 Å². The fourth-order valence-electron chi connectivity index (χ4n) is 7.24. The van der Waals surface area contributed by atoms with Gasteiger partial charge < -0.3 is 4.74 Å². The van der Waals surface area contributed by atoms with Crippen molar-refractivity contribution in [2.24, 2.45) is 29.1 Å². The summed E-state index contributed by atoms with van der Waals surface area (Å²) in [7, 11) is 0. The number of carbonyl (C=O) groups is 3. The van der Waals surface area contributed by atoms with Gasteiger partial charge in [0, 0.05) is 18.8 Å². The van der Waals surface area contributed by atoms with E-state index >= 15 is 0 Å². The van der Waals surface area contributed by atoms with Crippen LogP contribution in [0.3, 0.4) is 0 Å². The van der Waals surface area contributed by atoms with E-state index in [2.05, 4.69) is 6.92 Å². The number of allylic oxidation sites excluding steroid dienone is 1. The van der Waals surface area contributed by atoms with Gasteiger partial charge in [0.2, 0.25) is 0 Å². The van der Waals surface area contributed by atoms with E-state index < -0.39 is 5.60 Å². The van der Waals surface area contributed by atoms with Crippen molar-refractivity contribution < 1.29 is 19.1 Å². The number of ketones is 2. The van der Waals surface area contributed by atoms with Gasteiger partial charge in [-0.05, 0) is 81.6 Å². The van der Waals surface area contributed by atoms with Gasteiger partial charge in [-0.15, -0.1) is 0 Å². The van der Waals surface area contributed by atoms with Crippen molar-refractivity contribution in [3.05, 3.63) is 11.6 Å². The minimum absolute atomic E-state index is 0.0100. The van der Waals surface area contributed by atoms with E-state index in [0.29, 0.717) is 42.3 Å². The lowest BCUT2D eigenvalue weighted by Crippen LogP contribution is -2.57. The van der Waals surface area contributed by atoms with Crippen LogP contribution in [-0.4, -0.2) is 23.1 Å². The van der Waals surface area contributed by atoms with Crippen LogP contribution in [0.5, 0.6) is 0 Å². The number of hydrogen-bond donors (Lipinski definition) is 0. The molecule has 0 saturated heterocycles. The Bertz CT molecular complexity index is 692. The van der Waals surface area contributed by atoms with Crippen LogP contribution in [0, 0.1) is 29.1 Å². The van der Waals surface area contributed by atoms with E-state index in [0.717, 1.165) is 38.5 Å². The molecule has 0 aliphatic heterocycles. The highest BCUT2D eigenvalue weighted by molar-refractivity contribution is 5.91. The van der Waals surface area contributed by atoms with Gasteiger partial charge in [0.15, 0.2) is 17.2 Å². The maximum atomic E-state index is 12.7. The highest BCUT2D eigenvalue weighted by Crippen LogP contribution is 2.66. The second-order valence-corrected chi connectivity index (χ2v) is 9.28. The van der Waals surface area contributed by atoms with Crippen molar-refractivity contribution in [3.63, 3.8) is 0 Å². The molecule has 3 saturated carbocycles. The highest BCUT2D eigenvalue weighted by Gasteiger charge is 2.66. The van der Waals surface area contributed by atoms with Crippen molar-refractivity contribution in [1.82, 2.24) is 0 Å². The zero-order valence-electron chi connectivity index (χ0n) is 16.2. The fraction of sp³-hybridized carbons (Fsp3) is 0.773.